The van der Waals surface area contributed by atoms with Gasteiger partial charge in [-0.1, -0.05) is 44.2 Å². The van der Waals surface area contributed by atoms with Crippen molar-refractivity contribution in [3.63, 3.8) is 0 Å². The van der Waals surface area contributed by atoms with E-state index in [1.807, 2.05) is 17.0 Å². The first-order valence-electron chi connectivity index (χ1n) is 9.94. The van der Waals surface area contributed by atoms with Crippen LogP contribution < -0.4 is 0 Å². The van der Waals surface area contributed by atoms with Gasteiger partial charge < -0.3 is 10.0 Å². The average molecular weight is 358 g/mol. The van der Waals surface area contributed by atoms with Crippen LogP contribution in [0, 0.1) is 5.92 Å². The first-order chi connectivity index (χ1) is 12.6. The number of carbonyl (C=O) groups excluding carboxylic acids is 1. The van der Waals surface area contributed by atoms with Gasteiger partial charge in [0.2, 0.25) is 5.91 Å². The zero-order valence-corrected chi connectivity index (χ0v) is 15.5. The van der Waals surface area contributed by atoms with Crippen molar-refractivity contribution in [1.29, 1.82) is 0 Å². The number of amides is 1. The highest BCUT2D eigenvalue weighted by Crippen LogP contribution is 2.27. The molecule has 142 valence electrons. The largest absolute Gasteiger partial charge is 0.478 e. The predicted molar refractivity (Wildman–Crippen MR) is 101 cm³/mol. The Hall–Kier alpha value is -1.88. The Balaban J connectivity index is 1.39. The Labute approximate surface area is 156 Å². The van der Waals surface area contributed by atoms with Gasteiger partial charge in [-0.3, -0.25) is 9.69 Å². The van der Waals surface area contributed by atoms with Crippen molar-refractivity contribution in [3.05, 3.63) is 35.4 Å². The maximum absolute atomic E-state index is 12.5. The molecule has 0 radical (unpaired) electrons. The molecule has 0 bridgehead atoms. The quantitative estimate of drug-likeness (QED) is 0.847. The van der Waals surface area contributed by atoms with Crippen LogP contribution >= 0.6 is 0 Å². The van der Waals surface area contributed by atoms with E-state index in [1.165, 1.54) is 32.1 Å². The van der Waals surface area contributed by atoms with Gasteiger partial charge in [-0.05, 0) is 30.0 Å². The van der Waals surface area contributed by atoms with Crippen LogP contribution in [-0.4, -0.2) is 53.0 Å². The van der Waals surface area contributed by atoms with Gasteiger partial charge in [0.25, 0.3) is 0 Å². The molecule has 1 aromatic carbocycles. The van der Waals surface area contributed by atoms with E-state index in [2.05, 4.69) is 4.90 Å². The van der Waals surface area contributed by atoms with Crippen LogP contribution in [-0.2, 0) is 11.3 Å². The monoisotopic (exact) mass is 358 g/mol. The third-order valence-electron chi connectivity index (χ3n) is 5.82. The van der Waals surface area contributed by atoms with Gasteiger partial charge in [0.1, 0.15) is 0 Å². The van der Waals surface area contributed by atoms with Crippen LogP contribution in [0.4, 0.5) is 0 Å². The van der Waals surface area contributed by atoms with Crippen LogP contribution in [0.15, 0.2) is 24.3 Å². The molecule has 5 heteroatoms. The second-order valence-electron chi connectivity index (χ2n) is 7.70. The molecule has 1 saturated carbocycles. The molecule has 2 aliphatic rings. The minimum atomic E-state index is -0.892. The Morgan fingerprint density at radius 1 is 0.962 bits per heavy atom. The normalized spacial score (nSPS) is 19.5. The molecule has 0 unspecified atom stereocenters. The molecule has 1 aliphatic heterocycles. The molecule has 1 amide bonds. The number of hydrogen-bond acceptors (Lipinski definition) is 3. The lowest BCUT2D eigenvalue weighted by molar-refractivity contribution is -0.133. The number of nitrogens with zero attached hydrogens (tertiary/aromatic N) is 2. The predicted octanol–water partition coefficient (Wildman–Crippen LogP) is 3.39. The zero-order valence-electron chi connectivity index (χ0n) is 15.5. The summed E-state index contributed by atoms with van der Waals surface area (Å²) in [7, 11) is 0. The minimum Gasteiger partial charge on any atom is -0.478 e. The minimum absolute atomic E-state index is 0.320. The van der Waals surface area contributed by atoms with Crippen LogP contribution in [0.5, 0.6) is 0 Å². The third-order valence-corrected chi connectivity index (χ3v) is 5.82. The van der Waals surface area contributed by atoms with Crippen molar-refractivity contribution in [2.45, 2.75) is 51.5 Å². The number of carboxylic acids is 1. The second-order valence-corrected chi connectivity index (χ2v) is 7.70. The summed E-state index contributed by atoms with van der Waals surface area (Å²) in [6.07, 6.45) is 8.43. The SMILES string of the molecule is O=C(O)c1ccc(CN2CCN(C(=O)CCC3CCCCC3)CC2)cc1. The van der Waals surface area contributed by atoms with Crippen molar-refractivity contribution >= 4 is 11.9 Å². The van der Waals surface area contributed by atoms with E-state index in [-0.39, 0.29) is 0 Å². The van der Waals surface area contributed by atoms with E-state index in [0.717, 1.165) is 50.6 Å². The molecule has 0 aromatic heterocycles. The Morgan fingerprint density at radius 2 is 1.62 bits per heavy atom. The highest BCUT2D eigenvalue weighted by Gasteiger charge is 2.22. The molecule has 1 N–H and O–H groups in total. The summed E-state index contributed by atoms with van der Waals surface area (Å²) in [5.41, 5.74) is 1.44. The maximum atomic E-state index is 12.5. The summed E-state index contributed by atoms with van der Waals surface area (Å²) in [6.45, 7) is 4.18. The molecule has 0 spiro atoms. The zero-order chi connectivity index (χ0) is 18.4. The van der Waals surface area contributed by atoms with Crippen LogP contribution in [0.2, 0.25) is 0 Å². The number of hydrogen-bond donors (Lipinski definition) is 1. The van der Waals surface area contributed by atoms with Crippen molar-refractivity contribution in [3.8, 4) is 0 Å². The molecule has 1 heterocycles. The average Bonchev–Trinajstić information content (AvgIpc) is 2.68. The van der Waals surface area contributed by atoms with Crippen molar-refractivity contribution in [2.75, 3.05) is 26.2 Å². The molecule has 1 aliphatic carbocycles. The molecule has 0 atom stereocenters. The standard InChI is InChI=1S/C21H30N2O3/c24-20(11-8-17-4-2-1-3-5-17)23-14-12-22(13-15-23)16-18-6-9-19(10-7-18)21(25)26/h6-7,9-10,17H,1-5,8,11-16H2,(H,25,26). The summed E-state index contributed by atoms with van der Waals surface area (Å²) in [5.74, 6) is 0.195. The summed E-state index contributed by atoms with van der Waals surface area (Å²) in [6, 6.07) is 7.07. The Bertz CT molecular complexity index is 600. The fourth-order valence-corrected chi connectivity index (χ4v) is 4.13. The molecule has 26 heavy (non-hydrogen) atoms. The smallest absolute Gasteiger partial charge is 0.335 e. The summed E-state index contributed by atoms with van der Waals surface area (Å²) >= 11 is 0. The lowest BCUT2D eigenvalue weighted by atomic mass is 9.86. The van der Waals surface area contributed by atoms with Crippen molar-refractivity contribution in [1.82, 2.24) is 9.80 Å². The number of rotatable bonds is 6. The highest BCUT2D eigenvalue weighted by molar-refractivity contribution is 5.87. The van der Waals surface area contributed by atoms with E-state index in [1.54, 1.807) is 12.1 Å². The molecule has 3 rings (SSSR count). The topological polar surface area (TPSA) is 60.9 Å². The Morgan fingerprint density at radius 3 is 2.23 bits per heavy atom. The van der Waals surface area contributed by atoms with E-state index in [9.17, 15) is 9.59 Å². The van der Waals surface area contributed by atoms with Gasteiger partial charge in [-0.2, -0.15) is 0 Å². The summed E-state index contributed by atoms with van der Waals surface area (Å²) in [4.78, 5) is 27.7. The van der Waals surface area contributed by atoms with E-state index in [4.69, 9.17) is 5.11 Å². The van der Waals surface area contributed by atoms with Crippen LogP contribution in [0.3, 0.4) is 0 Å². The second kappa shape index (κ2) is 9.17. The molecule has 5 nitrogen and oxygen atoms in total. The van der Waals surface area contributed by atoms with E-state index >= 15 is 0 Å². The maximum Gasteiger partial charge on any atom is 0.335 e. The molecule has 1 aromatic rings. The summed E-state index contributed by atoms with van der Waals surface area (Å²) < 4.78 is 0. The van der Waals surface area contributed by atoms with Crippen molar-refractivity contribution in [2.24, 2.45) is 5.92 Å². The van der Waals surface area contributed by atoms with Gasteiger partial charge >= 0.3 is 5.97 Å². The van der Waals surface area contributed by atoms with Gasteiger partial charge in [-0.25, -0.2) is 4.79 Å². The van der Waals surface area contributed by atoms with E-state index in [0.29, 0.717) is 17.9 Å². The third kappa shape index (κ3) is 5.31. The molecular weight excluding hydrogens is 328 g/mol. The number of aromatic carboxylic acids is 1. The molecule has 2 fully saturated rings. The number of benzene rings is 1. The van der Waals surface area contributed by atoms with Gasteiger partial charge in [-0.15, -0.1) is 0 Å². The fraction of sp³-hybridized carbons (Fsp3) is 0.619. The lowest BCUT2D eigenvalue weighted by Gasteiger charge is -2.35. The van der Waals surface area contributed by atoms with Gasteiger partial charge in [0.15, 0.2) is 0 Å². The Kier molecular flexibility index (Phi) is 6.67. The van der Waals surface area contributed by atoms with Crippen molar-refractivity contribution < 1.29 is 14.7 Å². The van der Waals surface area contributed by atoms with Gasteiger partial charge in [0.05, 0.1) is 5.56 Å². The first-order valence-corrected chi connectivity index (χ1v) is 9.94. The first kappa shape index (κ1) is 18.9. The van der Waals surface area contributed by atoms with Crippen LogP contribution in [0.25, 0.3) is 0 Å². The summed E-state index contributed by atoms with van der Waals surface area (Å²) in [5, 5.41) is 8.96. The molecule has 1 saturated heterocycles. The number of carbonyl (C=O) groups is 2. The molecular formula is C21H30N2O3. The van der Waals surface area contributed by atoms with Gasteiger partial charge in [0, 0.05) is 39.1 Å². The number of carboxylic acid groups (broad SMARTS) is 1. The number of piperazine rings is 1. The van der Waals surface area contributed by atoms with Crippen LogP contribution in [0.1, 0.15) is 60.9 Å². The fourth-order valence-electron chi connectivity index (χ4n) is 4.13. The lowest BCUT2D eigenvalue weighted by Crippen LogP contribution is -2.48. The van der Waals surface area contributed by atoms with E-state index < -0.39 is 5.97 Å². The highest BCUT2D eigenvalue weighted by atomic mass is 16.4.